The minimum Gasteiger partial charge on any atom is -0.345 e. The topological polar surface area (TPSA) is 24.4 Å². The van der Waals surface area contributed by atoms with E-state index in [2.05, 4.69) is 24.5 Å². The second-order valence-corrected chi connectivity index (χ2v) is 6.18. The minimum absolute atomic E-state index is 0.0909. The summed E-state index contributed by atoms with van der Waals surface area (Å²) in [5.41, 5.74) is 3.65. The molecule has 20 heavy (non-hydrogen) atoms. The number of aryl methyl sites for hydroxylation is 1. The molecule has 2 nitrogen and oxygen atoms in total. The van der Waals surface area contributed by atoms with Crippen LogP contribution in [0.4, 0.5) is 0 Å². The number of nitrogens with zero attached hydrogens (tertiary/aromatic N) is 1. The van der Waals surface area contributed by atoms with Gasteiger partial charge in [0.1, 0.15) is 11.9 Å². The van der Waals surface area contributed by atoms with Crippen molar-refractivity contribution in [3.63, 3.8) is 0 Å². The Morgan fingerprint density at radius 1 is 1.20 bits per heavy atom. The summed E-state index contributed by atoms with van der Waals surface area (Å²) >= 11 is 8.07. The van der Waals surface area contributed by atoms with Gasteiger partial charge in [0.25, 0.3) is 0 Å². The van der Waals surface area contributed by atoms with E-state index in [-0.39, 0.29) is 6.04 Å². The van der Waals surface area contributed by atoms with Crippen molar-refractivity contribution in [3.05, 3.63) is 68.5 Å². The third kappa shape index (κ3) is 2.39. The lowest BCUT2D eigenvalue weighted by Gasteiger charge is -2.20. The van der Waals surface area contributed by atoms with Gasteiger partial charge in [-0.25, -0.2) is 0 Å². The van der Waals surface area contributed by atoms with Crippen LogP contribution >= 0.6 is 22.9 Å². The molecule has 1 aliphatic heterocycles. The number of halogens is 1. The largest absolute Gasteiger partial charge is 0.345 e. The molecule has 0 saturated heterocycles. The molecular weight excluding hydrogens is 288 g/mol. The molecule has 1 atom stereocenters. The smallest absolute Gasteiger partial charge is 0.133 e. The zero-order valence-corrected chi connectivity index (χ0v) is 12.9. The monoisotopic (exact) mass is 302 g/mol. The van der Waals surface area contributed by atoms with Crippen LogP contribution < -0.4 is 5.32 Å². The van der Waals surface area contributed by atoms with Gasteiger partial charge >= 0.3 is 0 Å². The molecule has 1 unspecified atom stereocenters. The summed E-state index contributed by atoms with van der Waals surface area (Å²) in [4.78, 5) is 6.01. The van der Waals surface area contributed by atoms with Crippen molar-refractivity contribution in [2.75, 3.05) is 0 Å². The molecule has 3 rings (SSSR count). The zero-order valence-electron chi connectivity index (χ0n) is 11.4. The quantitative estimate of drug-likeness (QED) is 0.865. The van der Waals surface area contributed by atoms with Crippen LogP contribution in [0.15, 0.2) is 51.9 Å². The van der Waals surface area contributed by atoms with Crippen molar-refractivity contribution < 1.29 is 0 Å². The number of aliphatic imine (C=N–C) groups is 1. The standard InChI is InChI=1S/C16H15ClN2S/c1-10-9-20-15(11(10)2)14-13(17)8-18-16(19-14)12-6-4-3-5-7-12/h3-9,14H,1-2H3,(H,18,19). The summed E-state index contributed by atoms with van der Waals surface area (Å²) in [5.74, 6) is 0.866. The summed E-state index contributed by atoms with van der Waals surface area (Å²) < 4.78 is 0. The van der Waals surface area contributed by atoms with E-state index in [4.69, 9.17) is 16.6 Å². The number of nitrogens with one attached hydrogen (secondary N) is 1. The van der Waals surface area contributed by atoms with Crippen LogP contribution in [0, 0.1) is 13.8 Å². The van der Waals surface area contributed by atoms with Crippen molar-refractivity contribution >= 4 is 28.8 Å². The predicted molar refractivity (Wildman–Crippen MR) is 86.6 cm³/mol. The van der Waals surface area contributed by atoms with E-state index in [1.807, 2.05) is 36.5 Å². The van der Waals surface area contributed by atoms with Gasteiger partial charge < -0.3 is 5.32 Å². The van der Waals surface area contributed by atoms with Gasteiger partial charge in [-0.1, -0.05) is 41.9 Å². The molecule has 2 heterocycles. The molecule has 0 bridgehead atoms. The Morgan fingerprint density at radius 2 is 1.95 bits per heavy atom. The van der Waals surface area contributed by atoms with Gasteiger partial charge in [0.15, 0.2) is 0 Å². The third-order valence-electron chi connectivity index (χ3n) is 3.49. The van der Waals surface area contributed by atoms with Gasteiger partial charge in [-0.2, -0.15) is 0 Å². The summed E-state index contributed by atoms with van der Waals surface area (Å²) in [6, 6.07) is 10.0. The first-order valence-electron chi connectivity index (χ1n) is 6.46. The Kier molecular flexibility index (Phi) is 3.64. The zero-order chi connectivity index (χ0) is 14.1. The molecule has 1 aromatic heterocycles. The van der Waals surface area contributed by atoms with Gasteiger partial charge in [-0.05, 0) is 30.4 Å². The van der Waals surface area contributed by atoms with Crippen molar-refractivity contribution in [2.24, 2.45) is 4.99 Å². The lowest BCUT2D eigenvalue weighted by atomic mass is 10.1. The maximum atomic E-state index is 6.35. The SMILES string of the molecule is Cc1csc(C2N=C(c3ccccc3)NC=C2Cl)c1C. The Hall–Kier alpha value is -1.58. The van der Waals surface area contributed by atoms with Gasteiger partial charge in [-0.15, -0.1) is 11.3 Å². The van der Waals surface area contributed by atoms with Gasteiger partial charge in [0.05, 0.1) is 5.03 Å². The number of benzene rings is 1. The molecular formula is C16H15ClN2S. The fourth-order valence-electron chi connectivity index (χ4n) is 2.17. The van der Waals surface area contributed by atoms with Crippen molar-refractivity contribution in [1.29, 1.82) is 0 Å². The number of hydrogen-bond acceptors (Lipinski definition) is 3. The molecule has 0 radical (unpaired) electrons. The van der Waals surface area contributed by atoms with E-state index in [0.717, 1.165) is 16.4 Å². The van der Waals surface area contributed by atoms with Crippen LogP contribution in [-0.4, -0.2) is 5.84 Å². The summed E-state index contributed by atoms with van der Waals surface area (Å²) in [6.45, 7) is 4.25. The Bertz CT molecular complexity index is 686. The number of rotatable bonds is 2. The van der Waals surface area contributed by atoms with E-state index in [0.29, 0.717) is 0 Å². The van der Waals surface area contributed by atoms with Crippen LogP contribution in [0.2, 0.25) is 0 Å². The number of thiophene rings is 1. The van der Waals surface area contributed by atoms with Crippen molar-refractivity contribution in [3.8, 4) is 0 Å². The van der Waals surface area contributed by atoms with Crippen LogP contribution in [0.1, 0.15) is 27.6 Å². The molecule has 2 aromatic rings. The molecule has 0 amide bonds. The molecule has 1 aromatic carbocycles. The number of hydrogen-bond donors (Lipinski definition) is 1. The van der Waals surface area contributed by atoms with Crippen molar-refractivity contribution in [1.82, 2.24) is 5.32 Å². The second-order valence-electron chi connectivity index (χ2n) is 4.83. The maximum Gasteiger partial charge on any atom is 0.133 e. The minimum atomic E-state index is -0.0909. The van der Waals surface area contributed by atoms with Crippen LogP contribution in [-0.2, 0) is 0 Å². The lowest BCUT2D eigenvalue weighted by molar-refractivity contribution is 0.865. The highest BCUT2D eigenvalue weighted by atomic mass is 35.5. The van der Waals surface area contributed by atoms with Crippen LogP contribution in [0.25, 0.3) is 0 Å². The average Bonchev–Trinajstić information content (AvgIpc) is 2.81. The highest BCUT2D eigenvalue weighted by Gasteiger charge is 2.23. The molecule has 1 aliphatic rings. The molecule has 0 spiro atoms. The molecule has 1 N–H and O–H groups in total. The van der Waals surface area contributed by atoms with Crippen LogP contribution in [0.5, 0.6) is 0 Å². The number of amidine groups is 1. The molecule has 0 fully saturated rings. The summed E-state index contributed by atoms with van der Waals surface area (Å²) in [6.07, 6.45) is 1.84. The van der Waals surface area contributed by atoms with E-state index in [1.54, 1.807) is 11.3 Å². The predicted octanol–water partition coefficient (Wildman–Crippen LogP) is 4.54. The van der Waals surface area contributed by atoms with Gasteiger partial charge in [-0.3, -0.25) is 4.99 Å². The fraction of sp³-hybridized carbons (Fsp3) is 0.188. The highest BCUT2D eigenvalue weighted by molar-refractivity contribution is 7.10. The average molecular weight is 303 g/mol. The summed E-state index contributed by atoms with van der Waals surface area (Å²) in [7, 11) is 0. The van der Waals surface area contributed by atoms with Crippen LogP contribution in [0.3, 0.4) is 0 Å². The second kappa shape index (κ2) is 5.43. The van der Waals surface area contributed by atoms with E-state index < -0.39 is 0 Å². The van der Waals surface area contributed by atoms with Crippen molar-refractivity contribution in [2.45, 2.75) is 19.9 Å². The molecule has 0 aliphatic carbocycles. The Morgan fingerprint density at radius 3 is 2.60 bits per heavy atom. The first-order chi connectivity index (χ1) is 9.66. The normalized spacial score (nSPS) is 18.2. The highest BCUT2D eigenvalue weighted by Crippen LogP contribution is 2.37. The Labute approximate surface area is 127 Å². The third-order valence-corrected chi connectivity index (χ3v) is 5.06. The van der Waals surface area contributed by atoms with Gasteiger partial charge in [0, 0.05) is 16.6 Å². The molecule has 0 saturated carbocycles. The molecule has 102 valence electrons. The summed E-state index contributed by atoms with van der Waals surface area (Å²) in [5, 5.41) is 6.06. The Balaban J connectivity index is 2.01. The molecule has 4 heteroatoms. The van der Waals surface area contributed by atoms with E-state index in [1.165, 1.54) is 16.0 Å². The first kappa shape index (κ1) is 13.4. The van der Waals surface area contributed by atoms with E-state index >= 15 is 0 Å². The lowest BCUT2D eigenvalue weighted by Crippen LogP contribution is -2.24. The van der Waals surface area contributed by atoms with E-state index in [9.17, 15) is 0 Å². The van der Waals surface area contributed by atoms with Gasteiger partial charge in [0.2, 0.25) is 0 Å². The maximum absolute atomic E-state index is 6.35. The fourth-order valence-corrected chi connectivity index (χ4v) is 3.58. The first-order valence-corrected chi connectivity index (χ1v) is 7.72.